The van der Waals surface area contributed by atoms with E-state index < -0.39 is 66.2 Å². The van der Waals surface area contributed by atoms with Crippen LogP contribution in [0.15, 0.2) is 29.0 Å². The van der Waals surface area contributed by atoms with Crippen LogP contribution >= 0.6 is 0 Å². The molecule has 2 aromatic rings. The Labute approximate surface area is 173 Å². The largest absolute Gasteiger partial charge is 0.488 e. The highest BCUT2D eigenvalue weighted by Gasteiger charge is 2.66. The van der Waals surface area contributed by atoms with Gasteiger partial charge in [0.2, 0.25) is 5.82 Å². The van der Waals surface area contributed by atoms with Gasteiger partial charge in [-0.15, -0.1) is 0 Å². The summed E-state index contributed by atoms with van der Waals surface area (Å²) >= 11 is 0. The minimum atomic E-state index is -4.88. The molecule has 1 amide bonds. The molecule has 12 heteroatoms. The van der Waals surface area contributed by atoms with E-state index >= 15 is 0 Å². The summed E-state index contributed by atoms with van der Waals surface area (Å²) in [4.78, 5) is 12.8. The first-order chi connectivity index (χ1) is 14.5. The highest BCUT2D eigenvalue weighted by Crippen LogP contribution is 2.55. The topological polar surface area (TPSA) is 93.8 Å². The zero-order valence-corrected chi connectivity index (χ0v) is 16.4. The average molecular weight is 450 g/mol. The third-order valence-electron chi connectivity index (χ3n) is 5.39. The van der Waals surface area contributed by atoms with Crippen molar-refractivity contribution in [3.05, 3.63) is 41.7 Å². The number of aliphatic hydroxyl groups excluding tert-OH is 1. The summed E-state index contributed by atoms with van der Waals surface area (Å²) in [6.07, 6.45) is -5.49. The van der Waals surface area contributed by atoms with Crippen LogP contribution in [-0.2, 0) is 9.53 Å². The molecular weight excluding hydrogens is 431 g/mol. The summed E-state index contributed by atoms with van der Waals surface area (Å²) in [5.41, 5.74) is -2.98. The monoisotopic (exact) mass is 450 g/mol. The second kappa shape index (κ2) is 8.42. The summed E-state index contributed by atoms with van der Waals surface area (Å²) in [7, 11) is 0. The standard InChI is InChI=1S/C19H19F5N2O5/c1-9-13(10-3-4-11(20)14(21)15(10)29-8-6-27)16(31-18(9,2)19(22,23)24)17(28)25-12-5-7-30-26-12/h3-5,7,9,13,16,27H,6,8H2,1-2H3,(H,25,26,28)/t9-,13-,16+,18+/m0/s1. The van der Waals surface area contributed by atoms with Gasteiger partial charge in [-0.05, 0) is 13.0 Å². The van der Waals surface area contributed by atoms with E-state index in [9.17, 15) is 26.7 Å². The molecule has 31 heavy (non-hydrogen) atoms. The Morgan fingerprint density at radius 2 is 2.03 bits per heavy atom. The van der Waals surface area contributed by atoms with Crippen LogP contribution in [0.5, 0.6) is 5.75 Å². The van der Waals surface area contributed by atoms with Gasteiger partial charge in [-0.1, -0.05) is 18.1 Å². The van der Waals surface area contributed by atoms with Crippen LogP contribution < -0.4 is 10.1 Å². The second-order valence-corrected chi connectivity index (χ2v) is 7.18. The van der Waals surface area contributed by atoms with Crippen LogP contribution in [0.1, 0.15) is 25.3 Å². The number of anilines is 1. The Morgan fingerprint density at radius 3 is 2.61 bits per heavy atom. The van der Waals surface area contributed by atoms with Gasteiger partial charge in [0.15, 0.2) is 23.0 Å². The number of carbonyl (C=O) groups excluding carboxylic acids is 1. The first kappa shape index (κ1) is 22.9. The fourth-order valence-corrected chi connectivity index (χ4v) is 3.60. The van der Waals surface area contributed by atoms with Crippen molar-refractivity contribution in [1.82, 2.24) is 5.16 Å². The van der Waals surface area contributed by atoms with Crippen molar-refractivity contribution in [2.24, 2.45) is 5.92 Å². The molecule has 0 saturated carbocycles. The molecule has 7 nitrogen and oxygen atoms in total. The minimum absolute atomic E-state index is 0.0670. The lowest BCUT2D eigenvalue weighted by atomic mass is 9.77. The Kier molecular flexibility index (Phi) is 6.23. The Bertz CT molecular complexity index is 937. The molecule has 1 aromatic heterocycles. The van der Waals surface area contributed by atoms with Crippen molar-refractivity contribution >= 4 is 11.7 Å². The lowest BCUT2D eigenvalue weighted by Crippen LogP contribution is -2.47. The third kappa shape index (κ3) is 4.09. The van der Waals surface area contributed by atoms with Crippen molar-refractivity contribution < 1.29 is 45.8 Å². The molecule has 1 aliphatic heterocycles. The average Bonchev–Trinajstić information content (AvgIpc) is 3.30. The third-order valence-corrected chi connectivity index (χ3v) is 5.39. The Balaban J connectivity index is 2.10. The zero-order chi connectivity index (χ0) is 23.0. The Hall–Kier alpha value is -2.73. The summed E-state index contributed by atoms with van der Waals surface area (Å²) in [6.45, 7) is 0.977. The van der Waals surface area contributed by atoms with Crippen molar-refractivity contribution in [2.45, 2.75) is 37.6 Å². The number of ether oxygens (including phenoxy) is 2. The van der Waals surface area contributed by atoms with E-state index in [2.05, 4.69) is 15.0 Å². The summed E-state index contributed by atoms with van der Waals surface area (Å²) < 4.78 is 84.7. The van der Waals surface area contributed by atoms with Crippen molar-refractivity contribution in [3.8, 4) is 5.75 Å². The smallest absolute Gasteiger partial charge is 0.417 e. The number of halogens is 5. The molecule has 170 valence electrons. The molecule has 0 aliphatic carbocycles. The normalized spacial score (nSPS) is 26.1. The number of benzene rings is 1. The number of hydrogen-bond acceptors (Lipinski definition) is 6. The number of amides is 1. The quantitative estimate of drug-likeness (QED) is 0.656. The number of aliphatic hydroxyl groups is 1. The van der Waals surface area contributed by atoms with Crippen LogP contribution in [-0.4, -0.2) is 47.3 Å². The van der Waals surface area contributed by atoms with Crippen LogP contribution in [0.3, 0.4) is 0 Å². The van der Waals surface area contributed by atoms with E-state index in [-0.39, 0.29) is 11.4 Å². The molecule has 2 heterocycles. The van der Waals surface area contributed by atoms with E-state index in [4.69, 9.17) is 14.6 Å². The number of nitrogens with zero attached hydrogens (tertiary/aromatic N) is 1. The van der Waals surface area contributed by atoms with Crippen LogP contribution in [0.2, 0.25) is 0 Å². The maximum Gasteiger partial charge on any atom is 0.417 e. The first-order valence-electron chi connectivity index (χ1n) is 9.18. The number of aromatic nitrogens is 1. The molecule has 0 spiro atoms. The Morgan fingerprint density at radius 1 is 1.32 bits per heavy atom. The molecule has 0 unspecified atom stereocenters. The number of carbonyl (C=O) groups is 1. The van der Waals surface area contributed by atoms with Crippen LogP contribution in [0.25, 0.3) is 0 Å². The van der Waals surface area contributed by atoms with E-state index in [1.165, 1.54) is 13.0 Å². The van der Waals surface area contributed by atoms with E-state index in [1.54, 1.807) is 0 Å². The molecule has 1 aromatic carbocycles. The molecule has 1 aliphatic rings. The summed E-state index contributed by atoms with van der Waals surface area (Å²) in [5.74, 6) is -7.27. The summed E-state index contributed by atoms with van der Waals surface area (Å²) in [5, 5.41) is 14.7. The van der Waals surface area contributed by atoms with Crippen molar-refractivity contribution in [1.29, 1.82) is 0 Å². The molecule has 4 atom stereocenters. The SMILES string of the molecule is C[C@H]1[C@@H](c2ccc(F)c(F)c2OCCO)[C@H](C(=O)Nc2ccon2)O[C@@]1(C)C(F)(F)F. The zero-order valence-electron chi connectivity index (χ0n) is 16.4. The maximum absolute atomic E-state index is 14.5. The lowest BCUT2D eigenvalue weighted by Gasteiger charge is -2.32. The fraction of sp³-hybridized carbons (Fsp3) is 0.474. The molecule has 0 radical (unpaired) electrons. The summed E-state index contributed by atoms with van der Waals surface area (Å²) in [6, 6.07) is 3.02. The number of alkyl halides is 3. The first-order valence-corrected chi connectivity index (χ1v) is 9.18. The molecule has 0 bridgehead atoms. The molecular formula is C19H19F5N2O5. The van der Waals surface area contributed by atoms with Gasteiger partial charge in [0.1, 0.15) is 19.0 Å². The van der Waals surface area contributed by atoms with E-state index in [0.29, 0.717) is 0 Å². The van der Waals surface area contributed by atoms with Gasteiger partial charge < -0.3 is 24.4 Å². The predicted molar refractivity (Wildman–Crippen MR) is 95.3 cm³/mol. The van der Waals surface area contributed by atoms with Gasteiger partial charge in [-0.25, -0.2) is 4.39 Å². The van der Waals surface area contributed by atoms with E-state index in [1.807, 2.05) is 0 Å². The van der Waals surface area contributed by atoms with E-state index in [0.717, 1.165) is 25.3 Å². The number of hydrogen-bond donors (Lipinski definition) is 2. The highest BCUT2D eigenvalue weighted by molar-refractivity contribution is 5.94. The van der Waals surface area contributed by atoms with Gasteiger partial charge in [-0.3, -0.25) is 4.79 Å². The second-order valence-electron chi connectivity index (χ2n) is 7.18. The molecule has 1 saturated heterocycles. The molecule has 3 rings (SSSR count). The molecule has 1 fully saturated rings. The van der Waals surface area contributed by atoms with Gasteiger partial charge in [0.05, 0.1) is 6.61 Å². The van der Waals surface area contributed by atoms with Crippen LogP contribution in [0.4, 0.5) is 27.8 Å². The van der Waals surface area contributed by atoms with Crippen molar-refractivity contribution in [2.75, 3.05) is 18.5 Å². The minimum Gasteiger partial charge on any atom is -0.488 e. The predicted octanol–water partition coefficient (Wildman–Crippen LogP) is 3.40. The van der Waals surface area contributed by atoms with Crippen molar-refractivity contribution in [3.63, 3.8) is 0 Å². The van der Waals surface area contributed by atoms with Gasteiger partial charge in [0.25, 0.3) is 5.91 Å². The lowest BCUT2D eigenvalue weighted by molar-refractivity contribution is -0.272. The maximum atomic E-state index is 14.5. The van der Waals surface area contributed by atoms with Gasteiger partial charge >= 0.3 is 6.18 Å². The highest BCUT2D eigenvalue weighted by atomic mass is 19.4. The number of rotatable bonds is 6. The van der Waals surface area contributed by atoms with Gasteiger partial charge in [0, 0.05) is 23.5 Å². The van der Waals surface area contributed by atoms with Gasteiger partial charge in [-0.2, -0.15) is 17.6 Å². The fourth-order valence-electron chi connectivity index (χ4n) is 3.60. The number of nitrogens with one attached hydrogen (secondary N) is 1. The van der Waals surface area contributed by atoms with Crippen LogP contribution in [0, 0.1) is 17.6 Å². The molecule has 2 N–H and O–H groups in total.